The average molecular weight is 331 g/mol. The first kappa shape index (κ1) is 17.8. The first-order chi connectivity index (χ1) is 11.2. The minimum atomic E-state index is -0.489. The Balaban J connectivity index is 2.06. The van der Waals surface area contributed by atoms with Crippen molar-refractivity contribution >= 4 is 11.8 Å². The number of carbonyl (C=O) groups excluding carboxylic acids is 1. The minimum absolute atomic E-state index is 0.00774. The van der Waals surface area contributed by atoms with E-state index in [0.29, 0.717) is 12.3 Å². The van der Waals surface area contributed by atoms with Crippen LogP contribution in [0.2, 0.25) is 0 Å². The molecule has 24 heavy (non-hydrogen) atoms. The quantitative estimate of drug-likeness (QED) is 0.926. The number of aryl methyl sites for hydroxylation is 2. The van der Waals surface area contributed by atoms with E-state index in [2.05, 4.69) is 42.0 Å². The number of nitrogens with one attached hydrogen (secondary N) is 1. The fourth-order valence-corrected chi connectivity index (χ4v) is 2.19. The molecular weight excluding hydrogens is 306 g/mol. The summed E-state index contributed by atoms with van der Waals surface area (Å²) in [5, 5.41) is 7.20. The Kier molecular flexibility index (Phi) is 5.17. The highest BCUT2D eigenvalue weighted by Gasteiger charge is 2.19. The third-order valence-corrected chi connectivity index (χ3v) is 3.75. The maximum atomic E-state index is 11.3. The van der Waals surface area contributed by atoms with E-state index in [1.807, 2.05) is 30.8 Å². The topological polar surface area (TPSA) is 65.4 Å². The van der Waals surface area contributed by atoms with Crippen LogP contribution in [0, 0.1) is 6.92 Å². The molecule has 0 radical (unpaired) electrons. The Morgan fingerprint density at radius 2 is 2.00 bits per heavy atom. The number of amides is 1. The molecule has 0 aliphatic heterocycles. The number of anilines is 1. The van der Waals surface area contributed by atoms with Gasteiger partial charge in [0.15, 0.2) is 0 Å². The first-order valence-electron chi connectivity index (χ1n) is 7.82. The van der Waals surface area contributed by atoms with Crippen molar-refractivity contribution in [2.75, 3.05) is 12.4 Å². The summed E-state index contributed by atoms with van der Waals surface area (Å²) >= 11 is 0. The third-order valence-electron chi connectivity index (χ3n) is 3.75. The molecule has 1 aromatic carbocycles. The second-order valence-corrected chi connectivity index (χ2v) is 6.78. The normalized spacial score (nSPS) is 11.2. The zero-order chi connectivity index (χ0) is 17.9. The van der Waals surface area contributed by atoms with Crippen LogP contribution in [-0.2, 0) is 23.8 Å². The number of carbonyl (C=O) groups is 1. The first-order valence-corrected chi connectivity index (χ1v) is 7.82. The van der Waals surface area contributed by atoms with Gasteiger partial charge in [0.1, 0.15) is 12.4 Å². The minimum Gasteiger partial charge on any atom is -0.487 e. The molecule has 0 aliphatic carbocycles. The van der Waals surface area contributed by atoms with Gasteiger partial charge in [-0.25, -0.2) is 4.79 Å². The van der Waals surface area contributed by atoms with Crippen LogP contribution in [0.4, 0.5) is 10.5 Å². The molecule has 1 heterocycles. The Morgan fingerprint density at radius 1 is 1.29 bits per heavy atom. The van der Waals surface area contributed by atoms with Crippen LogP contribution >= 0.6 is 0 Å². The summed E-state index contributed by atoms with van der Waals surface area (Å²) < 4.78 is 12.3. The lowest BCUT2D eigenvalue weighted by molar-refractivity contribution is 0.187. The molecule has 2 rings (SSSR count). The van der Waals surface area contributed by atoms with E-state index in [4.69, 9.17) is 4.74 Å². The van der Waals surface area contributed by atoms with Gasteiger partial charge >= 0.3 is 6.09 Å². The number of nitrogens with zero attached hydrogens (tertiary/aromatic N) is 2. The van der Waals surface area contributed by atoms with Crippen molar-refractivity contribution in [3.63, 3.8) is 0 Å². The lowest BCUT2D eigenvalue weighted by atomic mass is 9.92. The van der Waals surface area contributed by atoms with Gasteiger partial charge in [-0.2, -0.15) is 5.10 Å². The van der Waals surface area contributed by atoms with Gasteiger partial charge in [0.25, 0.3) is 0 Å². The molecule has 2 aromatic rings. The summed E-state index contributed by atoms with van der Waals surface area (Å²) in [6, 6.07) is 7.57. The number of rotatable bonds is 4. The van der Waals surface area contributed by atoms with Gasteiger partial charge in [0.2, 0.25) is 0 Å². The number of benzene rings is 1. The molecule has 130 valence electrons. The van der Waals surface area contributed by atoms with Crippen molar-refractivity contribution < 1.29 is 14.3 Å². The van der Waals surface area contributed by atoms with Crippen molar-refractivity contribution in [2.45, 2.75) is 39.7 Å². The average Bonchev–Trinajstić information content (AvgIpc) is 2.89. The molecule has 1 aromatic heterocycles. The molecule has 6 nitrogen and oxygen atoms in total. The molecule has 0 saturated heterocycles. The van der Waals surface area contributed by atoms with E-state index in [1.54, 1.807) is 6.07 Å². The smallest absolute Gasteiger partial charge is 0.411 e. The Morgan fingerprint density at radius 3 is 2.54 bits per heavy atom. The van der Waals surface area contributed by atoms with E-state index in [-0.39, 0.29) is 5.41 Å². The van der Waals surface area contributed by atoms with Crippen LogP contribution in [-0.4, -0.2) is 23.0 Å². The maximum absolute atomic E-state index is 11.3. The molecule has 0 unspecified atom stereocenters. The summed E-state index contributed by atoms with van der Waals surface area (Å²) in [4.78, 5) is 11.3. The summed E-state index contributed by atoms with van der Waals surface area (Å²) in [6.45, 7) is 8.74. The predicted octanol–water partition coefficient (Wildman–Crippen LogP) is 3.78. The highest BCUT2D eigenvalue weighted by atomic mass is 16.5. The van der Waals surface area contributed by atoms with Crippen molar-refractivity contribution in [1.29, 1.82) is 0 Å². The Bertz CT molecular complexity index is 730. The number of aromatic nitrogens is 2. The van der Waals surface area contributed by atoms with E-state index in [1.165, 1.54) is 7.11 Å². The van der Waals surface area contributed by atoms with Gasteiger partial charge in [-0.1, -0.05) is 20.8 Å². The van der Waals surface area contributed by atoms with Crippen molar-refractivity contribution in [3.05, 3.63) is 41.2 Å². The second kappa shape index (κ2) is 6.95. The second-order valence-electron chi connectivity index (χ2n) is 6.78. The Labute approximate surface area is 142 Å². The standard InChI is InChI=1S/C18H25N3O3/c1-12-9-14(7-8-15(12)19-17(22)23-6)24-11-13-10-16(18(2,3)4)20-21(13)5/h7-10H,11H2,1-6H3,(H,19,22). The number of methoxy groups -OCH3 is 1. The van der Waals surface area contributed by atoms with Gasteiger partial charge in [0, 0.05) is 18.2 Å². The van der Waals surface area contributed by atoms with Crippen LogP contribution in [0.3, 0.4) is 0 Å². The Hall–Kier alpha value is -2.50. The summed E-state index contributed by atoms with van der Waals surface area (Å²) in [5.41, 5.74) is 3.66. The highest BCUT2D eigenvalue weighted by Crippen LogP contribution is 2.24. The lowest BCUT2D eigenvalue weighted by Gasteiger charge is -2.13. The predicted molar refractivity (Wildman–Crippen MR) is 93.4 cm³/mol. The van der Waals surface area contributed by atoms with Crippen molar-refractivity contribution in [2.24, 2.45) is 7.05 Å². The van der Waals surface area contributed by atoms with Gasteiger partial charge in [-0.05, 0) is 36.8 Å². The van der Waals surface area contributed by atoms with E-state index in [9.17, 15) is 4.79 Å². The number of hydrogen-bond acceptors (Lipinski definition) is 4. The summed E-state index contributed by atoms with van der Waals surface area (Å²) in [6.07, 6.45) is -0.489. The van der Waals surface area contributed by atoms with Crippen molar-refractivity contribution in [3.8, 4) is 5.75 Å². The van der Waals surface area contributed by atoms with E-state index in [0.717, 1.165) is 22.7 Å². The summed E-state index contributed by atoms with van der Waals surface area (Å²) in [5.74, 6) is 0.737. The molecule has 1 amide bonds. The molecule has 0 fully saturated rings. The molecule has 0 atom stereocenters. The maximum Gasteiger partial charge on any atom is 0.411 e. The molecule has 0 saturated carbocycles. The molecular formula is C18H25N3O3. The summed E-state index contributed by atoms with van der Waals surface area (Å²) in [7, 11) is 3.25. The van der Waals surface area contributed by atoms with E-state index < -0.39 is 6.09 Å². The zero-order valence-corrected chi connectivity index (χ0v) is 15.1. The third kappa shape index (κ3) is 4.28. The SMILES string of the molecule is COC(=O)Nc1ccc(OCc2cc(C(C)(C)C)nn2C)cc1C. The molecule has 0 aliphatic rings. The molecule has 0 spiro atoms. The zero-order valence-electron chi connectivity index (χ0n) is 15.1. The van der Waals surface area contributed by atoms with Gasteiger partial charge < -0.3 is 9.47 Å². The van der Waals surface area contributed by atoms with E-state index >= 15 is 0 Å². The van der Waals surface area contributed by atoms with Gasteiger partial charge in [0.05, 0.1) is 18.5 Å². The largest absolute Gasteiger partial charge is 0.487 e. The molecule has 6 heteroatoms. The van der Waals surface area contributed by atoms with Crippen LogP contribution < -0.4 is 10.1 Å². The van der Waals surface area contributed by atoms with Crippen LogP contribution in [0.25, 0.3) is 0 Å². The van der Waals surface area contributed by atoms with Gasteiger partial charge in [-0.3, -0.25) is 10.00 Å². The number of ether oxygens (including phenoxy) is 2. The van der Waals surface area contributed by atoms with Crippen molar-refractivity contribution in [1.82, 2.24) is 9.78 Å². The fourth-order valence-electron chi connectivity index (χ4n) is 2.19. The monoisotopic (exact) mass is 331 g/mol. The number of hydrogen-bond donors (Lipinski definition) is 1. The highest BCUT2D eigenvalue weighted by molar-refractivity contribution is 5.85. The lowest BCUT2D eigenvalue weighted by Crippen LogP contribution is -2.12. The molecule has 1 N–H and O–H groups in total. The fraction of sp³-hybridized carbons (Fsp3) is 0.444. The van der Waals surface area contributed by atoms with Gasteiger partial charge in [-0.15, -0.1) is 0 Å². The van der Waals surface area contributed by atoms with Crippen LogP contribution in [0.15, 0.2) is 24.3 Å². The van der Waals surface area contributed by atoms with Crippen LogP contribution in [0.5, 0.6) is 5.75 Å². The van der Waals surface area contributed by atoms with Crippen LogP contribution in [0.1, 0.15) is 37.7 Å². The molecule has 0 bridgehead atoms.